The fraction of sp³-hybridized carbons (Fsp3) is 0.500. The lowest BCUT2D eigenvalue weighted by atomic mass is 9.92. The molecule has 1 aromatic heterocycles. The summed E-state index contributed by atoms with van der Waals surface area (Å²) >= 11 is 0. The SMILES string of the molecule is CN(C)C1CCN(Cc2c(COc3ccc4c(c3)CCCC4)n(C)c3ccccc23)CC1. The van der Waals surface area contributed by atoms with Gasteiger partial charge in [-0.05, 0) is 101 Å². The van der Waals surface area contributed by atoms with Gasteiger partial charge < -0.3 is 14.2 Å². The van der Waals surface area contributed by atoms with E-state index in [0.29, 0.717) is 12.6 Å². The number of hydrogen-bond acceptors (Lipinski definition) is 3. The van der Waals surface area contributed by atoms with Crippen LogP contribution in [0.25, 0.3) is 10.9 Å². The molecule has 0 amide bonds. The first-order valence-electron chi connectivity index (χ1n) is 12.3. The first-order chi connectivity index (χ1) is 15.6. The topological polar surface area (TPSA) is 20.6 Å². The zero-order valence-electron chi connectivity index (χ0n) is 19.9. The van der Waals surface area contributed by atoms with E-state index in [1.807, 2.05) is 0 Å². The van der Waals surface area contributed by atoms with Crippen molar-refractivity contribution >= 4 is 10.9 Å². The minimum absolute atomic E-state index is 0.619. The van der Waals surface area contributed by atoms with E-state index in [1.54, 1.807) is 0 Å². The Labute approximate surface area is 192 Å². The zero-order chi connectivity index (χ0) is 22.1. The number of rotatable bonds is 6. The average molecular weight is 432 g/mol. The number of hydrogen-bond donors (Lipinski definition) is 0. The highest BCUT2D eigenvalue weighted by molar-refractivity contribution is 5.85. The Bertz CT molecular complexity index is 1080. The van der Waals surface area contributed by atoms with Gasteiger partial charge in [-0.25, -0.2) is 0 Å². The van der Waals surface area contributed by atoms with E-state index in [2.05, 4.69) is 78.0 Å². The molecule has 1 aliphatic heterocycles. The fourth-order valence-electron chi connectivity index (χ4n) is 5.65. The van der Waals surface area contributed by atoms with Crippen LogP contribution in [0.15, 0.2) is 42.5 Å². The summed E-state index contributed by atoms with van der Waals surface area (Å²) in [7, 11) is 6.61. The van der Waals surface area contributed by atoms with Crippen LogP contribution in [0, 0.1) is 0 Å². The smallest absolute Gasteiger partial charge is 0.129 e. The number of likely N-dealkylation sites (tertiary alicyclic amines) is 1. The second-order valence-electron chi connectivity index (χ2n) is 9.90. The Morgan fingerprint density at radius 3 is 2.50 bits per heavy atom. The third-order valence-corrected chi connectivity index (χ3v) is 7.71. The van der Waals surface area contributed by atoms with E-state index in [-0.39, 0.29) is 0 Å². The molecule has 3 aromatic rings. The number of piperidine rings is 1. The molecule has 5 rings (SSSR count). The molecule has 170 valence electrons. The lowest BCUT2D eigenvalue weighted by Crippen LogP contribution is -2.41. The summed E-state index contributed by atoms with van der Waals surface area (Å²) in [6.07, 6.45) is 7.52. The largest absolute Gasteiger partial charge is 0.487 e. The molecule has 32 heavy (non-hydrogen) atoms. The van der Waals surface area contributed by atoms with Crippen molar-refractivity contribution in [2.45, 2.75) is 57.7 Å². The van der Waals surface area contributed by atoms with Gasteiger partial charge in [-0.2, -0.15) is 0 Å². The van der Waals surface area contributed by atoms with Crippen LogP contribution in [0.3, 0.4) is 0 Å². The quantitative estimate of drug-likeness (QED) is 0.538. The Morgan fingerprint density at radius 2 is 1.72 bits per heavy atom. The second-order valence-corrected chi connectivity index (χ2v) is 9.90. The molecule has 2 aromatic carbocycles. The summed E-state index contributed by atoms with van der Waals surface area (Å²) in [4.78, 5) is 5.01. The second kappa shape index (κ2) is 9.29. The van der Waals surface area contributed by atoms with E-state index >= 15 is 0 Å². The van der Waals surface area contributed by atoms with Gasteiger partial charge in [0.15, 0.2) is 0 Å². The molecule has 0 saturated carbocycles. The van der Waals surface area contributed by atoms with Crippen molar-refractivity contribution < 1.29 is 4.74 Å². The number of aromatic nitrogens is 1. The molecule has 0 radical (unpaired) electrons. The van der Waals surface area contributed by atoms with Gasteiger partial charge >= 0.3 is 0 Å². The minimum Gasteiger partial charge on any atom is -0.487 e. The van der Waals surface area contributed by atoms with Gasteiger partial charge in [-0.3, -0.25) is 4.90 Å². The maximum absolute atomic E-state index is 6.40. The van der Waals surface area contributed by atoms with Crippen molar-refractivity contribution in [3.8, 4) is 5.75 Å². The normalized spacial score (nSPS) is 17.8. The van der Waals surface area contributed by atoms with Crippen LogP contribution in [-0.4, -0.2) is 47.6 Å². The van der Waals surface area contributed by atoms with Crippen LogP contribution in [-0.2, 0) is 33.0 Å². The highest BCUT2D eigenvalue weighted by atomic mass is 16.5. The molecule has 4 heteroatoms. The molecule has 4 nitrogen and oxygen atoms in total. The van der Waals surface area contributed by atoms with Crippen LogP contribution >= 0.6 is 0 Å². The van der Waals surface area contributed by atoms with Crippen LogP contribution < -0.4 is 4.74 Å². The van der Waals surface area contributed by atoms with Crippen LogP contribution in [0.5, 0.6) is 5.75 Å². The average Bonchev–Trinajstić information content (AvgIpc) is 3.09. The summed E-state index contributed by atoms with van der Waals surface area (Å²) in [5.74, 6) is 1.01. The predicted molar refractivity (Wildman–Crippen MR) is 132 cm³/mol. The summed E-state index contributed by atoms with van der Waals surface area (Å²) in [5.41, 5.74) is 7.03. The van der Waals surface area contributed by atoms with Crippen molar-refractivity contribution in [1.29, 1.82) is 0 Å². The van der Waals surface area contributed by atoms with Gasteiger partial charge in [0.2, 0.25) is 0 Å². The molecule has 0 atom stereocenters. The van der Waals surface area contributed by atoms with Crippen molar-refractivity contribution in [1.82, 2.24) is 14.4 Å². The number of aryl methyl sites for hydroxylation is 3. The summed E-state index contributed by atoms with van der Waals surface area (Å²) in [6.45, 7) is 3.95. The minimum atomic E-state index is 0.619. The third kappa shape index (κ3) is 4.31. The van der Waals surface area contributed by atoms with Crippen LogP contribution in [0.2, 0.25) is 0 Å². The molecule has 2 heterocycles. The molecule has 1 saturated heterocycles. The van der Waals surface area contributed by atoms with Gasteiger partial charge in [0, 0.05) is 30.5 Å². The number of nitrogens with zero attached hydrogens (tertiary/aromatic N) is 3. The van der Waals surface area contributed by atoms with Crippen molar-refractivity contribution in [2.75, 3.05) is 27.2 Å². The third-order valence-electron chi connectivity index (χ3n) is 7.71. The lowest BCUT2D eigenvalue weighted by molar-refractivity contribution is 0.139. The van der Waals surface area contributed by atoms with Gasteiger partial charge in [0.1, 0.15) is 12.4 Å². The monoisotopic (exact) mass is 431 g/mol. The maximum Gasteiger partial charge on any atom is 0.129 e. The summed E-state index contributed by atoms with van der Waals surface area (Å²) < 4.78 is 8.74. The van der Waals surface area contributed by atoms with Gasteiger partial charge in [-0.15, -0.1) is 0 Å². The van der Waals surface area contributed by atoms with E-state index in [4.69, 9.17) is 4.74 Å². The summed E-state index contributed by atoms with van der Waals surface area (Å²) in [6, 6.07) is 16.3. The molecular weight excluding hydrogens is 394 g/mol. The van der Waals surface area contributed by atoms with E-state index in [1.165, 1.54) is 71.8 Å². The van der Waals surface area contributed by atoms with Crippen LogP contribution in [0.1, 0.15) is 48.1 Å². The Balaban J connectivity index is 1.37. The predicted octanol–water partition coefficient (Wildman–Crippen LogP) is 5.16. The first-order valence-corrected chi connectivity index (χ1v) is 12.3. The van der Waals surface area contributed by atoms with Crippen molar-refractivity contribution in [2.24, 2.45) is 7.05 Å². The standard InChI is InChI=1S/C28H37N3O/c1-29(2)23-14-16-31(17-15-23)19-26-25-10-6-7-11-27(25)30(3)28(26)20-32-24-13-12-21-8-4-5-9-22(21)18-24/h6-7,10-13,18,23H,4-5,8-9,14-17,19-20H2,1-3H3. The fourth-order valence-corrected chi connectivity index (χ4v) is 5.65. The van der Waals surface area contributed by atoms with Crippen LogP contribution in [0.4, 0.5) is 0 Å². The summed E-state index contributed by atoms with van der Waals surface area (Å²) in [5, 5.41) is 1.37. The Kier molecular flexibility index (Phi) is 6.25. The Morgan fingerprint density at radius 1 is 0.969 bits per heavy atom. The van der Waals surface area contributed by atoms with Crippen molar-refractivity contribution in [3.63, 3.8) is 0 Å². The van der Waals surface area contributed by atoms with Gasteiger partial charge in [0.05, 0.1) is 5.69 Å². The molecule has 0 bridgehead atoms. The Hall–Kier alpha value is -2.30. The molecular formula is C28H37N3O. The van der Waals surface area contributed by atoms with Gasteiger partial charge in [-0.1, -0.05) is 24.3 Å². The molecule has 0 spiro atoms. The number of ether oxygens (including phenoxy) is 1. The number of fused-ring (bicyclic) bond motifs is 2. The number of benzene rings is 2. The molecule has 2 aliphatic rings. The van der Waals surface area contributed by atoms with E-state index in [0.717, 1.165) is 25.4 Å². The zero-order valence-corrected chi connectivity index (χ0v) is 19.9. The molecule has 0 unspecified atom stereocenters. The maximum atomic E-state index is 6.40. The number of para-hydroxylation sites is 1. The van der Waals surface area contributed by atoms with E-state index in [9.17, 15) is 0 Å². The molecule has 1 fully saturated rings. The highest BCUT2D eigenvalue weighted by Crippen LogP contribution is 2.30. The molecule has 0 N–H and O–H groups in total. The van der Waals surface area contributed by atoms with E-state index < -0.39 is 0 Å². The van der Waals surface area contributed by atoms with Gasteiger partial charge in [0.25, 0.3) is 0 Å². The highest BCUT2D eigenvalue weighted by Gasteiger charge is 2.23. The molecule has 1 aliphatic carbocycles. The first kappa shape index (κ1) is 21.5. The lowest BCUT2D eigenvalue weighted by Gasteiger charge is -2.35. The van der Waals surface area contributed by atoms with Crippen molar-refractivity contribution in [3.05, 3.63) is 64.8 Å².